The maximum Gasteiger partial charge on any atom is 0.306 e. The van der Waals surface area contributed by atoms with Crippen LogP contribution in [0.25, 0.3) is 0 Å². The van der Waals surface area contributed by atoms with E-state index in [4.69, 9.17) is 19.3 Å². The van der Waals surface area contributed by atoms with Crippen molar-refractivity contribution in [2.24, 2.45) is 0 Å². The quantitative estimate of drug-likeness (QED) is 0.408. The molecule has 1 N–H and O–H groups in total. The number of nitrogens with zero attached hydrogens (tertiary/aromatic N) is 1. The van der Waals surface area contributed by atoms with Crippen LogP contribution in [0.5, 0.6) is 11.5 Å². The van der Waals surface area contributed by atoms with Gasteiger partial charge in [0, 0.05) is 0 Å². The van der Waals surface area contributed by atoms with E-state index in [9.17, 15) is 9.59 Å². The summed E-state index contributed by atoms with van der Waals surface area (Å²) in [5.74, 6) is -0.0441. The maximum atomic E-state index is 11.9. The third-order valence-corrected chi connectivity index (χ3v) is 4.81. The summed E-state index contributed by atoms with van der Waals surface area (Å²) in [6, 6.07) is 15.8. The summed E-state index contributed by atoms with van der Waals surface area (Å²) in [5.41, 5.74) is 2.21. The number of benzene rings is 2. The molecule has 1 unspecified atom stereocenters. The number of carboxylic acids is 1. The van der Waals surface area contributed by atoms with Crippen molar-refractivity contribution in [3.05, 3.63) is 59.7 Å². The molecule has 0 saturated carbocycles. The van der Waals surface area contributed by atoms with Crippen molar-refractivity contribution < 1.29 is 28.9 Å². The molecule has 7 heteroatoms. The van der Waals surface area contributed by atoms with E-state index >= 15 is 0 Å². The lowest BCUT2D eigenvalue weighted by atomic mass is 10.0. The molecule has 0 aromatic heterocycles. The second-order valence-corrected chi connectivity index (χ2v) is 7.52. The maximum absolute atomic E-state index is 11.9. The molecule has 31 heavy (non-hydrogen) atoms. The normalized spacial score (nSPS) is 12.8. The zero-order valence-corrected chi connectivity index (χ0v) is 18.5. The second kappa shape index (κ2) is 12.0. The van der Waals surface area contributed by atoms with E-state index < -0.39 is 24.3 Å². The van der Waals surface area contributed by atoms with Crippen LogP contribution < -0.4 is 9.47 Å². The molecule has 2 aromatic carbocycles. The predicted octanol–water partition coefficient (Wildman–Crippen LogP) is 3.54. The molecule has 0 fully saturated rings. The van der Waals surface area contributed by atoms with Crippen molar-refractivity contribution in [1.82, 2.24) is 4.90 Å². The minimum absolute atomic E-state index is 0.170. The van der Waals surface area contributed by atoms with Crippen LogP contribution in [0, 0.1) is 0 Å². The predicted molar refractivity (Wildman–Crippen MR) is 117 cm³/mol. The number of carbonyl (C=O) groups excluding carboxylic acids is 1. The smallest absolute Gasteiger partial charge is 0.306 e. The zero-order chi connectivity index (χ0) is 22.8. The van der Waals surface area contributed by atoms with Crippen LogP contribution in [0.1, 0.15) is 30.9 Å². The highest BCUT2D eigenvalue weighted by Gasteiger charge is 2.26. The molecule has 2 atom stereocenters. The van der Waals surface area contributed by atoms with Gasteiger partial charge in [0.05, 0.1) is 20.0 Å². The van der Waals surface area contributed by atoms with Crippen LogP contribution >= 0.6 is 0 Å². The van der Waals surface area contributed by atoms with E-state index in [1.54, 1.807) is 14.0 Å². The van der Waals surface area contributed by atoms with Gasteiger partial charge < -0.3 is 19.3 Å². The van der Waals surface area contributed by atoms with Crippen molar-refractivity contribution in [3.63, 3.8) is 0 Å². The first kappa shape index (κ1) is 24.2. The molecule has 0 heterocycles. The Morgan fingerprint density at radius 3 is 2.45 bits per heavy atom. The Morgan fingerprint density at radius 1 is 1.03 bits per heavy atom. The van der Waals surface area contributed by atoms with Gasteiger partial charge in [-0.1, -0.05) is 30.3 Å². The van der Waals surface area contributed by atoms with E-state index in [0.717, 1.165) is 29.9 Å². The van der Waals surface area contributed by atoms with E-state index in [1.165, 1.54) is 5.56 Å². The van der Waals surface area contributed by atoms with Gasteiger partial charge in [0.2, 0.25) is 0 Å². The summed E-state index contributed by atoms with van der Waals surface area (Å²) in [7, 11) is 5.33. The molecule has 0 saturated heterocycles. The topological polar surface area (TPSA) is 85.3 Å². The van der Waals surface area contributed by atoms with Gasteiger partial charge >= 0.3 is 11.9 Å². The number of para-hydroxylation sites is 1. The molecule has 0 amide bonds. The Balaban J connectivity index is 2.06. The molecule has 2 rings (SSSR count). The van der Waals surface area contributed by atoms with Gasteiger partial charge in [-0.3, -0.25) is 14.5 Å². The van der Waals surface area contributed by atoms with Crippen LogP contribution in [0.3, 0.4) is 0 Å². The van der Waals surface area contributed by atoms with E-state index in [1.807, 2.05) is 61.5 Å². The van der Waals surface area contributed by atoms with E-state index in [2.05, 4.69) is 6.07 Å². The number of hydrogen-bond donors (Lipinski definition) is 1. The highest BCUT2D eigenvalue weighted by Crippen LogP contribution is 2.24. The molecular formula is C24H31NO6. The average Bonchev–Trinajstić information content (AvgIpc) is 2.75. The van der Waals surface area contributed by atoms with Gasteiger partial charge in [-0.25, -0.2) is 0 Å². The van der Waals surface area contributed by atoms with Crippen molar-refractivity contribution in [2.45, 2.75) is 44.9 Å². The minimum atomic E-state index is -1.03. The fraction of sp³-hybridized carbons (Fsp3) is 0.417. The Hall–Kier alpha value is -3.06. The Morgan fingerprint density at radius 2 is 1.77 bits per heavy atom. The highest BCUT2D eigenvalue weighted by atomic mass is 16.6. The summed E-state index contributed by atoms with van der Waals surface area (Å²) in [4.78, 5) is 24.4. The Labute approximate surface area is 183 Å². The van der Waals surface area contributed by atoms with Crippen LogP contribution in [0.2, 0.25) is 0 Å². The number of aliphatic carboxylic acids is 1. The summed E-state index contributed by atoms with van der Waals surface area (Å²) >= 11 is 0. The standard InChI is InChI=1S/C24H31NO6/c1-17(30-23(28)15-14-22(26)27)24(25(2)3)31-21-11-6-5-9-19(21)13-12-18-8-7-10-20(16-18)29-4/h5-11,16-17,24H,12-15H2,1-4H3,(H,26,27)/t17?,24-/m0/s1. The zero-order valence-electron chi connectivity index (χ0n) is 18.5. The highest BCUT2D eigenvalue weighted by molar-refractivity contribution is 5.76. The van der Waals surface area contributed by atoms with Crippen LogP contribution in [0.15, 0.2) is 48.5 Å². The number of hydrogen-bond acceptors (Lipinski definition) is 6. The number of methoxy groups -OCH3 is 1. The van der Waals surface area contributed by atoms with Gasteiger partial charge in [0.15, 0.2) is 6.23 Å². The number of carbonyl (C=O) groups is 2. The summed E-state index contributed by atoms with van der Waals surface area (Å²) in [6.07, 6.45) is 0.0676. The van der Waals surface area contributed by atoms with Crippen molar-refractivity contribution in [3.8, 4) is 11.5 Å². The van der Waals surface area contributed by atoms with Gasteiger partial charge in [0.1, 0.15) is 17.6 Å². The number of esters is 1. The van der Waals surface area contributed by atoms with Gasteiger partial charge in [-0.2, -0.15) is 0 Å². The molecule has 0 spiro atoms. The van der Waals surface area contributed by atoms with Crippen LogP contribution in [-0.4, -0.2) is 55.5 Å². The second-order valence-electron chi connectivity index (χ2n) is 7.52. The first-order valence-electron chi connectivity index (χ1n) is 10.3. The lowest BCUT2D eigenvalue weighted by molar-refractivity contribution is -0.159. The van der Waals surface area contributed by atoms with Crippen molar-refractivity contribution in [2.75, 3.05) is 21.2 Å². The molecule has 0 aliphatic rings. The Bertz CT molecular complexity index is 867. The number of likely N-dealkylation sites (N-methyl/N-ethyl adjacent to an activating group) is 1. The number of aryl methyl sites for hydroxylation is 2. The lowest BCUT2D eigenvalue weighted by Gasteiger charge is -2.31. The first-order chi connectivity index (χ1) is 14.8. The molecule has 7 nitrogen and oxygen atoms in total. The molecule has 168 valence electrons. The summed E-state index contributed by atoms with van der Waals surface area (Å²) < 4.78 is 16.9. The van der Waals surface area contributed by atoms with E-state index in [0.29, 0.717) is 0 Å². The fourth-order valence-corrected chi connectivity index (χ4v) is 3.22. The van der Waals surface area contributed by atoms with E-state index in [-0.39, 0.29) is 12.8 Å². The Kier molecular flexibility index (Phi) is 9.34. The van der Waals surface area contributed by atoms with Crippen molar-refractivity contribution >= 4 is 11.9 Å². The summed E-state index contributed by atoms with van der Waals surface area (Å²) in [6.45, 7) is 1.74. The number of carboxylic acid groups (broad SMARTS) is 1. The monoisotopic (exact) mass is 429 g/mol. The number of rotatable bonds is 12. The van der Waals surface area contributed by atoms with Gasteiger partial charge in [-0.15, -0.1) is 0 Å². The third-order valence-electron chi connectivity index (χ3n) is 4.81. The largest absolute Gasteiger partial charge is 0.497 e. The fourth-order valence-electron chi connectivity index (χ4n) is 3.22. The van der Waals surface area contributed by atoms with Crippen LogP contribution in [-0.2, 0) is 27.2 Å². The van der Waals surface area contributed by atoms with Crippen LogP contribution in [0.4, 0.5) is 0 Å². The molecule has 0 bridgehead atoms. The summed E-state index contributed by atoms with van der Waals surface area (Å²) in [5, 5.41) is 8.73. The SMILES string of the molecule is COc1cccc(CCc2ccccc2O[C@@H](C(C)OC(=O)CCC(=O)O)N(C)C)c1. The molecular weight excluding hydrogens is 398 g/mol. The lowest BCUT2D eigenvalue weighted by Crippen LogP contribution is -2.44. The number of ether oxygens (including phenoxy) is 3. The minimum Gasteiger partial charge on any atom is -0.497 e. The third kappa shape index (κ3) is 7.94. The average molecular weight is 430 g/mol. The molecule has 0 aliphatic heterocycles. The first-order valence-corrected chi connectivity index (χ1v) is 10.3. The van der Waals surface area contributed by atoms with Crippen molar-refractivity contribution in [1.29, 1.82) is 0 Å². The molecule has 0 aliphatic carbocycles. The van der Waals surface area contributed by atoms with Gasteiger partial charge in [0.25, 0.3) is 0 Å². The molecule has 0 radical (unpaired) electrons. The molecule has 2 aromatic rings. The van der Waals surface area contributed by atoms with Gasteiger partial charge in [-0.05, 0) is 63.2 Å².